The number of rotatable bonds is 6. The molecule has 24 heavy (non-hydrogen) atoms. The first-order valence-electron chi connectivity index (χ1n) is 9.40. The van der Waals surface area contributed by atoms with Crippen LogP contribution in [0.2, 0.25) is 0 Å². The van der Waals surface area contributed by atoms with Crippen LogP contribution in [0.4, 0.5) is 0 Å². The Bertz CT molecular complexity index is 575. The van der Waals surface area contributed by atoms with Gasteiger partial charge in [-0.15, -0.1) is 0 Å². The van der Waals surface area contributed by atoms with Gasteiger partial charge in [0, 0.05) is 25.7 Å². The molecule has 0 spiro atoms. The number of nitrogens with zero attached hydrogens (tertiary/aromatic N) is 1. The van der Waals surface area contributed by atoms with Crippen LogP contribution in [0.15, 0.2) is 60.7 Å². The molecular formula is C22H28N2. The Morgan fingerprint density at radius 2 is 1.46 bits per heavy atom. The smallest absolute Gasteiger partial charge is 0.0237 e. The Morgan fingerprint density at radius 1 is 0.833 bits per heavy atom. The van der Waals surface area contributed by atoms with Gasteiger partial charge in [-0.25, -0.2) is 0 Å². The molecule has 0 aromatic heterocycles. The lowest BCUT2D eigenvalue weighted by atomic mass is 9.74. The highest BCUT2D eigenvalue weighted by atomic mass is 15.1. The normalized spacial score (nSPS) is 26.0. The lowest BCUT2D eigenvalue weighted by Gasteiger charge is -2.45. The van der Waals surface area contributed by atoms with Crippen molar-refractivity contribution in [2.24, 2.45) is 11.8 Å². The van der Waals surface area contributed by atoms with Crippen LogP contribution in [0.5, 0.6) is 0 Å². The fraction of sp³-hybridized carbons (Fsp3) is 0.455. The SMILES string of the molecule is c1ccc(CN(Cc2ccccc2)CC2CC3CCC2NC3)cc1. The largest absolute Gasteiger partial charge is 0.313 e. The molecule has 126 valence electrons. The van der Waals surface area contributed by atoms with Crippen LogP contribution >= 0.6 is 0 Å². The molecule has 2 aliphatic heterocycles. The Labute approximate surface area is 145 Å². The molecule has 2 saturated heterocycles. The third-order valence-corrected chi connectivity index (χ3v) is 5.75. The van der Waals surface area contributed by atoms with E-state index >= 15 is 0 Å². The Morgan fingerprint density at radius 3 is 1.92 bits per heavy atom. The molecule has 1 aliphatic carbocycles. The summed E-state index contributed by atoms with van der Waals surface area (Å²) in [5, 5.41) is 3.78. The Kier molecular flexibility index (Phi) is 4.96. The highest BCUT2D eigenvalue weighted by molar-refractivity contribution is 5.17. The van der Waals surface area contributed by atoms with Gasteiger partial charge in [0.05, 0.1) is 0 Å². The molecule has 5 rings (SSSR count). The van der Waals surface area contributed by atoms with Crippen molar-refractivity contribution in [3.05, 3.63) is 71.8 Å². The van der Waals surface area contributed by atoms with Crippen LogP contribution in [0.25, 0.3) is 0 Å². The van der Waals surface area contributed by atoms with Gasteiger partial charge in [0.25, 0.3) is 0 Å². The summed E-state index contributed by atoms with van der Waals surface area (Å²) in [6.07, 6.45) is 4.23. The predicted octanol–water partition coefficient (Wildman–Crippen LogP) is 4.08. The van der Waals surface area contributed by atoms with Crippen LogP contribution in [0.3, 0.4) is 0 Å². The Balaban J connectivity index is 1.47. The third kappa shape index (κ3) is 3.88. The minimum Gasteiger partial charge on any atom is -0.313 e. The molecule has 1 saturated carbocycles. The van der Waals surface area contributed by atoms with E-state index in [2.05, 4.69) is 70.9 Å². The number of nitrogens with one attached hydrogen (secondary N) is 1. The number of hydrogen-bond donors (Lipinski definition) is 1. The second-order valence-corrected chi connectivity index (χ2v) is 7.59. The van der Waals surface area contributed by atoms with Crippen LogP contribution in [0, 0.1) is 11.8 Å². The predicted molar refractivity (Wildman–Crippen MR) is 99.6 cm³/mol. The van der Waals surface area contributed by atoms with Crippen LogP contribution in [-0.2, 0) is 13.1 Å². The second-order valence-electron chi connectivity index (χ2n) is 7.59. The summed E-state index contributed by atoms with van der Waals surface area (Å²) in [6.45, 7) is 4.55. The first kappa shape index (κ1) is 15.9. The average Bonchev–Trinajstić information content (AvgIpc) is 2.64. The summed E-state index contributed by atoms with van der Waals surface area (Å²) in [7, 11) is 0. The molecule has 2 aromatic carbocycles. The summed E-state index contributed by atoms with van der Waals surface area (Å²) >= 11 is 0. The van der Waals surface area contributed by atoms with E-state index in [0.717, 1.165) is 31.0 Å². The van der Waals surface area contributed by atoms with Gasteiger partial charge in [-0.1, -0.05) is 60.7 Å². The summed E-state index contributed by atoms with van der Waals surface area (Å²) in [5.41, 5.74) is 2.84. The molecular weight excluding hydrogens is 292 g/mol. The monoisotopic (exact) mass is 320 g/mol. The van der Waals surface area contributed by atoms with Crippen LogP contribution < -0.4 is 5.32 Å². The van der Waals surface area contributed by atoms with Gasteiger partial charge in [0.15, 0.2) is 0 Å². The summed E-state index contributed by atoms with van der Waals surface area (Å²) in [6, 6.07) is 22.6. The first-order chi connectivity index (χ1) is 11.9. The molecule has 3 unspecified atom stereocenters. The van der Waals surface area contributed by atoms with Gasteiger partial charge in [0.2, 0.25) is 0 Å². The van der Waals surface area contributed by atoms with E-state index < -0.39 is 0 Å². The van der Waals surface area contributed by atoms with Crippen molar-refractivity contribution in [3.63, 3.8) is 0 Å². The van der Waals surface area contributed by atoms with E-state index in [1.165, 1.54) is 43.5 Å². The van der Waals surface area contributed by atoms with Gasteiger partial charge in [0.1, 0.15) is 0 Å². The van der Waals surface area contributed by atoms with E-state index in [-0.39, 0.29) is 0 Å². The van der Waals surface area contributed by atoms with Gasteiger partial charge in [-0.05, 0) is 48.8 Å². The first-order valence-corrected chi connectivity index (χ1v) is 9.40. The maximum atomic E-state index is 3.78. The fourth-order valence-electron chi connectivity index (χ4n) is 4.54. The van der Waals surface area contributed by atoms with Gasteiger partial charge >= 0.3 is 0 Å². The lowest BCUT2D eigenvalue weighted by molar-refractivity contribution is 0.0919. The van der Waals surface area contributed by atoms with E-state index in [4.69, 9.17) is 0 Å². The fourth-order valence-corrected chi connectivity index (χ4v) is 4.54. The zero-order valence-electron chi connectivity index (χ0n) is 14.4. The summed E-state index contributed by atoms with van der Waals surface area (Å²) < 4.78 is 0. The number of hydrogen-bond acceptors (Lipinski definition) is 2. The molecule has 3 aliphatic rings. The van der Waals surface area contributed by atoms with Gasteiger partial charge < -0.3 is 5.32 Å². The molecule has 3 atom stereocenters. The molecule has 0 amide bonds. The van der Waals surface area contributed by atoms with Crippen molar-refractivity contribution < 1.29 is 0 Å². The maximum absolute atomic E-state index is 3.78. The molecule has 2 aromatic rings. The van der Waals surface area contributed by atoms with Crippen molar-refractivity contribution in [2.45, 2.75) is 38.4 Å². The third-order valence-electron chi connectivity index (χ3n) is 5.75. The number of piperidine rings is 2. The van der Waals surface area contributed by atoms with Crippen molar-refractivity contribution in [3.8, 4) is 0 Å². The second kappa shape index (κ2) is 7.50. The standard InChI is InChI=1S/C22H28N2/c1-3-7-18(8-4-1)15-24(16-19-9-5-2-6-10-19)17-21-13-20-11-12-22(21)23-14-20/h1-10,20-23H,11-17H2. The quantitative estimate of drug-likeness (QED) is 0.863. The van der Waals surface area contributed by atoms with E-state index in [0.29, 0.717) is 0 Å². The average molecular weight is 320 g/mol. The topological polar surface area (TPSA) is 15.3 Å². The molecule has 1 N–H and O–H groups in total. The molecule has 3 fully saturated rings. The minimum atomic E-state index is 0.740. The Hall–Kier alpha value is -1.64. The van der Waals surface area contributed by atoms with Crippen molar-refractivity contribution in [1.82, 2.24) is 10.2 Å². The molecule has 2 bridgehead atoms. The van der Waals surface area contributed by atoms with Crippen molar-refractivity contribution in [2.75, 3.05) is 13.1 Å². The van der Waals surface area contributed by atoms with Crippen LogP contribution in [0.1, 0.15) is 30.4 Å². The van der Waals surface area contributed by atoms with Crippen molar-refractivity contribution >= 4 is 0 Å². The number of fused-ring (bicyclic) bond motifs is 3. The maximum Gasteiger partial charge on any atom is 0.0237 e. The van der Waals surface area contributed by atoms with E-state index in [1.807, 2.05) is 0 Å². The summed E-state index contributed by atoms with van der Waals surface area (Å²) in [5.74, 6) is 1.72. The van der Waals surface area contributed by atoms with Crippen molar-refractivity contribution in [1.29, 1.82) is 0 Å². The van der Waals surface area contributed by atoms with E-state index in [1.54, 1.807) is 0 Å². The zero-order valence-corrected chi connectivity index (χ0v) is 14.4. The highest BCUT2D eigenvalue weighted by Gasteiger charge is 2.35. The van der Waals surface area contributed by atoms with E-state index in [9.17, 15) is 0 Å². The number of benzene rings is 2. The highest BCUT2D eigenvalue weighted by Crippen LogP contribution is 2.34. The zero-order chi connectivity index (χ0) is 16.2. The summed E-state index contributed by atoms with van der Waals surface area (Å²) in [4.78, 5) is 2.65. The molecule has 2 nitrogen and oxygen atoms in total. The minimum absolute atomic E-state index is 0.740. The molecule has 0 radical (unpaired) electrons. The van der Waals surface area contributed by atoms with Crippen LogP contribution in [-0.4, -0.2) is 24.0 Å². The van der Waals surface area contributed by atoms with Gasteiger partial charge in [-0.2, -0.15) is 0 Å². The van der Waals surface area contributed by atoms with Gasteiger partial charge in [-0.3, -0.25) is 4.90 Å². The molecule has 2 heteroatoms. The lowest BCUT2D eigenvalue weighted by Crippen LogP contribution is -2.53. The molecule has 2 heterocycles.